The van der Waals surface area contributed by atoms with Crippen molar-refractivity contribution in [1.29, 1.82) is 0 Å². The van der Waals surface area contributed by atoms with E-state index in [1.807, 2.05) is 0 Å². The Bertz CT molecular complexity index is 566. The zero-order valence-electron chi connectivity index (χ0n) is 11.1. The van der Waals surface area contributed by atoms with Gasteiger partial charge in [0, 0.05) is 13.1 Å². The van der Waals surface area contributed by atoms with E-state index in [0.717, 1.165) is 30.1 Å². The van der Waals surface area contributed by atoms with Crippen molar-refractivity contribution in [1.82, 2.24) is 14.9 Å². The van der Waals surface area contributed by atoms with Crippen LogP contribution in [0.2, 0.25) is 0 Å². The van der Waals surface area contributed by atoms with Crippen molar-refractivity contribution >= 4 is 17.0 Å². The second-order valence-electron chi connectivity index (χ2n) is 5.40. The third kappa shape index (κ3) is 2.87. The number of benzene rings is 1. The Morgan fingerprint density at radius 3 is 3.26 bits per heavy atom. The number of hydrogen-bond acceptors (Lipinski definition) is 3. The minimum absolute atomic E-state index is 0.239. The maximum absolute atomic E-state index is 13.1. The number of aromatic nitrogens is 2. The zero-order chi connectivity index (χ0) is 13.2. The number of piperidine rings is 1. The molecule has 3 rings (SSSR count). The van der Waals surface area contributed by atoms with Crippen LogP contribution in [0.4, 0.5) is 10.3 Å². The fourth-order valence-corrected chi connectivity index (χ4v) is 2.75. The summed E-state index contributed by atoms with van der Waals surface area (Å²) in [6.45, 7) is 3.23. The molecule has 1 aromatic carbocycles. The molecule has 1 aromatic heterocycles. The van der Waals surface area contributed by atoms with Crippen molar-refractivity contribution < 1.29 is 4.39 Å². The van der Waals surface area contributed by atoms with E-state index in [1.165, 1.54) is 31.5 Å². The quantitative estimate of drug-likeness (QED) is 0.893. The third-order valence-corrected chi connectivity index (χ3v) is 3.72. The average Bonchev–Trinajstić information content (AvgIpc) is 2.78. The van der Waals surface area contributed by atoms with E-state index in [0.29, 0.717) is 5.92 Å². The van der Waals surface area contributed by atoms with Crippen LogP contribution in [-0.2, 0) is 0 Å². The molecular formula is C14H19FN4. The summed E-state index contributed by atoms with van der Waals surface area (Å²) in [5, 5.41) is 3.33. The van der Waals surface area contributed by atoms with Gasteiger partial charge in [-0.05, 0) is 50.6 Å². The second-order valence-corrected chi connectivity index (χ2v) is 5.40. The number of fused-ring (bicyclic) bond motifs is 1. The van der Waals surface area contributed by atoms with Gasteiger partial charge in [-0.25, -0.2) is 9.37 Å². The Kier molecular flexibility index (Phi) is 3.38. The van der Waals surface area contributed by atoms with Gasteiger partial charge in [-0.3, -0.25) is 0 Å². The third-order valence-electron chi connectivity index (χ3n) is 3.72. The van der Waals surface area contributed by atoms with Gasteiger partial charge in [0.1, 0.15) is 5.82 Å². The molecule has 0 bridgehead atoms. The summed E-state index contributed by atoms with van der Waals surface area (Å²) in [4.78, 5) is 9.89. The molecule has 2 N–H and O–H groups in total. The largest absolute Gasteiger partial charge is 0.355 e. The minimum Gasteiger partial charge on any atom is -0.355 e. The molecule has 0 radical (unpaired) electrons. The summed E-state index contributed by atoms with van der Waals surface area (Å²) in [5.74, 6) is 1.15. The first-order chi connectivity index (χ1) is 9.20. The van der Waals surface area contributed by atoms with Crippen molar-refractivity contribution in [2.45, 2.75) is 12.8 Å². The van der Waals surface area contributed by atoms with Crippen LogP contribution in [0.1, 0.15) is 12.8 Å². The molecule has 2 heterocycles. The lowest BCUT2D eigenvalue weighted by atomic mass is 9.99. The molecule has 4 nitrogen and oxygen atoms in total. The summed E-state index contributed by atoms with van der Waals surface area (Å²) in [5.41, 5.74) is 1.54. The van der Waals surface area contributed by atoms with Crippen molar-refractivity contribution in [2.24, 2.45) is 5.92 Å². The number of imidazole rings is 1. The average molecular weight is 262 g/mol. The SMILES string of the molecule is CN1CCCC(CNc2nc3ccc(F)cc3[nH]2)C1. The van der Waals surface area contributed by atoms with Gasteiger partial charge in [0.15, 0.2) is 0 Å². The fraction of sp³-hybridized carbons (Fsp3) is 0.500. The normalized spacial score (nSPS) is 20.8. The predicted molar refractivity (Wildman–Crippen MR) is 74.8 cm³/mol. The van der Waals surface area contributed by atoms with Crippen molar-refractivity contribution in [3.8, 4) is 0 Å². The van der Waals surface area contributed by atoms with Gasteiger partial charge in [0.2, 0.25) is 5.95 Å². The monoisotopic (exact) mass is 262 g/mol. The maximum Gasteiger partial charge on any atom is 0.201 e. The van der Waals surface area contributed by atoms with Gasteiger partial charge in [-0.15, -0.1) is 0 Å². The van der Waals surface area contributed by atoms with Gasteiger partial charge in [-0.1, -0.05) is 0 Å². The summed E-state index contributed by atoms with van der Waals surface area (Å²) in [6, 6.07) is 4.60. The summed E-state index contributed by atoms with van der Waals surface area (Å²) in [7, 11) is 2.16. The lowest BCUT2D eigenvalue weighted by Crippen LogP contribution is -2.35. The highest BCUT2D eigenvalue weighted by molar-refractivity contribution is 5.77. The van der Waals surface area contributed by atoms with Crippen molar-refractivity contribution in [3.05, 3.63) is 24.0 Å². The fourth-order valence-electron chi connectivity index (χ4n) is 2.75. The Morgan fingerprint density at radius 1 is 1.53 bits per heavy atom. The van der Waals surface area contributed by atoms with E-state index in [2.05, 4.69) is 27.2 Å². The lowest BCUT2D eigenvalue weighted by Gasteiger charge is -2.29. The summed E-state index contributed by atoms with van der Waals surface area (Å²) < 4.78 is 13.1. The Labute approximate surface area is 112 Å². The number of anilines is 1. The van der Waals surface area contributed by atoms with E-state index in [-0.39, 0.29) is 5.82 Å². The number of hydrogen-bond donors (Lipinski definition) is 2. The van der Waals surface area contributed by atoms with Gasteiger partial charge in [-0.2, -0.15) is 0 Å². The van der Waals surface area contributed by atoms with E-state index >= 15 is 0 Å². The van der Waals surface area contributed by atoms with E-state index in [9.17, 15) is 4.39 Å². The van der Waals surface area contributed by atoms with E-state index in [1.54, 1.807) is 6.07 Å². The number of aromatic amines is 1. The molecule has 1 saturated heterocycles. The first-order valence-electron chi connectivity index (χ1n) is 6.78. The molecule has 1 atom stereocenters. The highest BCUT2D eigenvalue weighted by Crippen LogP contribution is 2.18. The molecule has 5 heteroatoms. The molecule has 1 aliphatic rings. The molecule has 0 amide bonds. The molecule has 1 aliphatic heterocycles. The van der Waals surface area contributed by atoms with Crippen LogP contribution in [0.15, 0.2) is 18.2 Å². The highest BCUT2D eigenvalue weighted by Gasteiger charge is 2.17. The van der Waals surface area contributed by atoms with E-state index in [4.69, 9.17) is 0 Å². The number of rotatable bonds is 3. The minimum atomic E-state index is -0.239. The smallest absolute Gasteiger partial charge is 0.201 e. The van der Waals surface area contributed by atoms with Crippen LogP contribution in [0, 0.1) is 11.7 Å². The Morgan fingerprint density at radius 2 is 2.42 bits per heavy atom. The topological polar surface area (TPSA) is 44.0 Å². The van der Waals surface area contributed by atoms with Crippen molar-refractivity contribution in [2.75, 3.05) is 32.0 Å². The summed E-state index contributed by atoms with van der Waals surface area (Å²) >= 11 is 0. The van der Waals surface area contributed by atoms with Crippen LogP contribution < -0.4 is 5.32 Å². The number of likely N-dealkylation sites (tertiary alicyclic amines) is 1. The van der Waals surface area contributed by atoms with Gasteiger partial charge in [0.25, 0.3) is 0 Å². The van der Waals surface area contributed by atoms with Gasteiger partial charge >= 0.3 is 0 Å². The summed E-state index contributed by atoms with van der Waals surface area (Å²) in [6.07, 6.45) is 2.51. The first-order valence-corrected chi connectivity index (χ1v) is 6.78. The standard InChI is InChI=1S/C14H19FN4/c1-19-6-2-3-10(9-19)8-16-14-17-12-5-4-11(15)7-13(12)18-14/h4-5,7,10H,2-3,6,8-9H2,1H3,(H2,16,17,18). The Hall–Kier alpha value is -1.62. The highest BCUT2D eigenvalue weighted by atomic mass is 19.1. The molecular weight excluding hydrogens is 243 g/mol. The molecule has 1 fully saturated rings. The van der Waals surface area contributed by atoms with Crippen LogP contribution in [0.3, 0.4) is 0 Å². The molecule has 2 aromatic rings. The molecule has 0 aliphatic carbocycles. The number of H-pyrrole nitrogens is 1. The van der Waals surface area contributed by atoms with E-state index < -0.39 is 0 Å². The maximum atomic E-state index is 13.1. The van der Waals surface area contributed by atoms with Crippen LogP contribution in [0.25, 0.3) is 11.0 Å². The Balaban J connectivity index is 1.65. The van der Waals surface area contributed by atoms with Crippen LogP contribution in [0.5, 0.6) is 0 Å². The number of halogens is 1. The van der Waals surface area contributed by atoms with Crippen LogP contribution in [-0.4, -0.2) is 41.5 Å². The van der Waals surface area contributed by atoms with Gasteiger partial charge < -0.3 is 15.2 Å². The first kappa shape index (κ1) is 12.4. The molecule has 0 saturated carbocycles. The molecule has 19 heavy (non-hydrogen) atoms. The predicted octanol–water partition coefficient (Wildman–Crippen LogP) is 2.46. The molecule has 1 unspecified atom stereocenters. The van der Waals surface area contributed by atoms with Crippen LogP contribution >= 0.6 is 0 Å². The molecule has 102 valence electrons. The lowest BCUT2D eigenvalue weighted by molar-refractivity contribution is 0.217. The van der Waals surface area contributed by atoms with Gasteiger partial charge in [0.05, 0.1) is 11.0 Å². The van der Waals surface area contributed by atoms with Crippen molar-refractivity contribution in [3.63, 3.8) is 0 Å². The number of nitrogens with zero attached hydrogens (tertiary/aromatic N) is 2. The number of nitrogens with one attached hydrogen (secondary N) is 2. The second kappa shape index (κ2) is 5.17. The zero-order valence-corrected chi connectivity index (χ0v) is 11.1. The molecule has 0 spiro atoms.